The molecule has 1 N–H and O–H groups in total. The number of hydrogen-bond donors (Lipinski definition) is 1. The quantitative estimate of drug-likeness (QED) is 0.923. The van der Waals surface area contributed by atoms with E-state index in [-0.39, 0.29) is 18.1 Å². The molecule has 2 atom stereocenters. The number of aryl methyl sites for hydroxylation is 2. The van der Waals surface area contributed by atoms with Gasteiger partial charge in [0.15, 0.2) is 5.76 Å². The second-order valence-electron chi connectivity index (χ2n) is 6.46. The number of carbonyl (C=O) groups is 1. The van der Waals surface area contributed by atoms with Crippen molar-refractivity contribution in [1.29, 1.82) is 0 Å². The number of urea groups is 1. The van der Waals surface area contributed by atoms with Gasteiger partial charge in [-0.15, -0.1) is 0 Å². The van der Waals surface area contributed by atoms with Crippen molar-refractivity contribution >= 4 is 6.03 Å². The molecule has 1 aromatic heterocycles. The molecule has 2 aromatic rings. The molecule has 23 heavy (non-hydrogen) atoms. The normalized spacial score (nSPS) is 23.1. The molecule has 0 bridgehead atoms. The molecule has 1 aliphatic heterocycles. The van der Waals surface area contributed by atoms with Gasteiger partial charge in [-0.2, -0.15) is 0 Å². The van der Waals surface area contributed by atoms with E-state index in [1.807, 2.05) is 24.0 Å². The van der Waals surface area contributed by atoms with Crippen LogP contribution in [-0.4, -0.2) is 22.6 Å². The smallest absolute Gasteiger partial charge is 0.318 e. The predicted octanol–water partition coefficient (Wildman–Crippen LogP) is 3.52. The van der Waals surface area contributed by atoms with Crippen molar-refractivity contribution in [3.8, 4) is 0 Å². The van der Waals surface area contributed by atoms with E-state index in [1.54, 1.807) is 0 Å². The standard InChI is InChI=1S/C18H21N3O2/c1-12-11-17(23-20-12)16-7-4-10-21(16)18(22)19-15-9-8-13-5-2-3-6-14(13)15/h2-3,5-6,11,15-16H,4,7-10H2,1H3,(H,19,22)/t15-,16+/m1/s1. The molecule has 120 valence electrons. The van der Waals surface area contributed by atoms with E-state index >= 15 is 0 Å². The fourth-order valence-electron chi connectivity index (χ4n) is 3.78. The molecule has 1 fully saturated rings. The number of aromatic nitrogens is 1. The molecule has 4 rings (SSSR count). The lowest BCUT2D eigenvalue weighted by Gasteiger charge is -2.25. The van der Waals surface area contributed by atoms with E-state index < -0.39 is 0 Å². The van der Waals surface area contributed by atoms with Crippen LogP contribution < -0.4 is 5.32 Å². The Morgan fingerprint density at radius 3 is 3.04 bits per heavy atom. The molecular formula is C18H21N3O2. The number of hydrogen-bond acceptors (Lipinski definition) is 3. The highest BCUT2D eigenvalue weighted by molar-refractivity contribution is 5.75. The fourth-order valence-corrected chi connectivity index (χ4v) is 3.78. The second-order valence-corrected chi connectivity index (χ2v) is 6.46. The van der Waals surface area contributed by atoms with Crippen LogP contribution >= 0.6 is 0 Å². The van der Waals surface area contributed by atoms with Crippen LogP contribution in [-0.2, 0) is 6.42 Å². The second kappa shape index (κ2) is 5.72. The van der Waals surface area contributed by atoms with Crippen LogP contribution in [0.25, 0.3) is 0 Å². The Bertz CT molecular complexity index is 725. The number of likely N-dealkylation sites (tertiary alicyclic amines) is 1. The van der Waals surface area contributed by atoms with Gasteiger partial charge in [0, 0.05) is 12.6 Å². The Hall–Kier alpha value is -2.30. The summed E-state index contributed by atoms with van der Waals surface area (Å²) in [6.07, 6.45) is 3.94. The van der Waals surface area contributed by atoms with Crippen LogP contribution in [0.1, 0.15) is 53.9 Å². The average Bonchev–Trinajstić information content (AvgIpc) is 3.26. The summed E-state index contributed by atoms with van der Waals surface area (Å²) in [6.45, 7) is 2.67. The molecule has 2 heterocycles. The third kappa shape index (κ3) is 2.60. The molecule has 2 amide bonds. The van der Waals surface area contributed by atoms with Crippen molar-refractivity contribution in [2.24, 2.45) is 0 Å². The maximum atomic E-state index is 12.8. The number of carbonyl (C=O) groups excluding carboxylic acids is 1. The van der Waals surface area contributed by atoms with E-state index in [0.29, 0.717) is 0 Å². The molecule has 1 saturated heterocycles. The van der Waals surface area contributed by atoms with Gasteiger partial charge < -0.3 is 14.7 Å². The van der Waals surface area contributed by atoms with Gasteiger partial charge in [-0.25, -0.2) is 4.79 Å². The number of nitrogens with one attached hydrogen (secondary N) is 1. The first-order valence-corrected chi connectivity index (χ1v) is 8.30. The van der Waals surface area contributed by atoms with Crippen molar-refractivity contribution in [2.45, 2.75) is 44.7 Å². The minimum atomic E-state index is 0.00301. The lowest BCUT2D eigenvalue weighted by molar-refractivity contribution is 0.178. The maximum absolute atomic E-state index is 12.8. The average molecular weight is 311 g/mol. The van der Waals surface area contributed by atoms with Gasteiger partial charge in [-0.1, -0.05) is 29.4 Å². The van der Waals surface area contributed by atoms with Crippen molar-refractivity contribution in [1.82, 2.24) is 15.4 Å². The van der Waals surface area contributed by atoms with Crippen molar-refractivity contribution in [3.63, 3.8) is 0 Å². The Labute approximate surface area is 135 Å². The highest BCUT2D eigenvalue weighted by atomic mass is 16.5. The fraction of sp³-hybridized carbons (Fsp3) is 0.444. The van der Waals surface area contributed by atoms with Gasteiger partial charge in [0.05, 0.1) is 17.8 Å². The Morgan fingerprint density at radius 1 is 1.35 bits per heavy atom. The summed E-state index contributed by atoms with van der Waals surface area (Å²) in [4.78, 5) is 14.6. The summed E-state index contributed by atoms with van der Waals surface area (Å²) in [6, 6.07) is 10.4. The van der Waals surface area contributed by atoms with Crippen molar-refractivity contribution in [3.05, 3.63) is 52.9 Å². The molecule has 0 unspecified atom stereocenters. The Morgan fingerprint density at radius 2 is 2.22 bits per heavy atom. The molecule has 1 aliphatic carbocycles. The van der Waals surface area contributed by atoms with Crippen LogP contribution in [0.15, 0.2) is 34.9 Å². The minimum absolute atomic E-state index is 0.00301. The van der Waals surface area contributed by atoms with Crippen LogP contribution in [0.3, 0.4) is 0 Å². The van der Waals surface area contributed by atoms with Crippen LogP contribution in [0.5, 0.6) is 0 Å². The van der Waals surface area contributed by atoms with Gasteiger partial charge in [-0.3, -0.25) is 0 Å². The van der Waals surface area contributed by atoms with E-state index in [2.05, 4.69) is 28.7 Å². The van der Waals surface area contributed by atoms with Crippen molar-refractivity contribution < 1.29 is 9.32 Å². The summed E-state index contributed by atoms with van der Waals surface area (Å²) in [5, 5.41) is 7.16. The molecular weight excluding hydrogens is 290 g/mol. The molecule has 5 nitrogen and oxygen atoms in total. The zero-order chi connectivity index (χ0) is 15.8. The SMILES string of the molecule is Cc1cc([C@@H]2CCCN2C(=O)N[C@@H]2CCc3ccccc32)on1. The Kier molecular flexibility index (Phi) is 3.56. The maximum Gasteiger partial charge on any atom is 0.318 e. The van der Waals surface area contributed by atoms with E-state index in [1.165, 1.54) is 11.1 Å². The highest BCUT2D eigenvalue weighted by Crippen LogP contribution is 2.34. The summed E-state index contributed by atoms with van der Waals surface area (Å²) < 4.78 is 5.38. The van der Waals surface area contributed by atoms with E-state index in [4.69, 9.17) is 4.52 Å². The number of fused-ring (bicyclic) bond motifs is 1. The lowest BCUT2D eigenvalue weighted by Crippen LogP contribution is -2.40. The predicted molar refractivity (Wildman–Crippen MR) is 86.0 cm³/mol. The summed E-state index contributed by atoms with van der Waals surface area (Å²) in [5.74, 6) is 0.793. The molecule has 2 aliphatic rings. The lowest BCUT2D eigenvalue weighted by atomic mass is 10.1. The van der Waals surface area contributed by atoms with Crippen LogP contribution in [0, 0.1) is 6.92 Å². The summed E-state index contributed by atoms with van der Waals surface area (Å²) >= 11 is 0. The van der Waals surface area contributed by atoms with Crippen LogP contribution in [0.2, 0.25) is 0 Å². The number of benzene rings is 1. The summed E-state index contributed by atoms with van der Waals surface area (Å²) in [7, 11) is 0. The molecule has 0 saturated carbocycles. The first kappa shape index (κ1) is 14.3. The molecule has 5 heteroatoms. The van der Waals surface area contributed by atoms with Crippen LogP contribution in [0.4, 0.5) is 4.79 Å². The third-order valence-corrected chi connectivity index (χ3v) is 4.92. The number of nitrogens with zero attached hydrogens (tertiary/aromatic N) is 2. The van der Waals surface area contributed by atoms with Gasteiger partial charge in [-0.05, 0) is 43.7 Å². The van der Waals surface area contributed by atoms with E-state index in [0.717, 1.165) is 43.7 Å². The molecule has 0 spiro atoms. The van der Waals surface area contributed by atoms with Gasteiger partial charge in [0.1, 0.15) is 0 Å². The van der Waals surface area contributed by atoms with E-state index in [9.17, 15) is 4.79 Å². The first-order chi connectivity index (χ1) is 11.2. The zero-order valence-corrected chi connectivity index (χ0v) is 13.3. The summed E-state index contributed by atoms with van der Waals surface area (Å²) in [5.41, 5.74) is 3.46. The van der Waals surface area contributed by atoms with Gasteiger partial charge in [0.25, 0.3) is 0 Å². The third-order valence-electron chi connectivity index (χ3n) is 4.92. The van der Waals surface area contributed by atoms with Gasteiger partial charge >= 0.3 is 6.03 Å². The first-order valence-electron chi connectivity index (χ1n) is 8.30. The number of rotatable bonds is 2. The monoisotopic (exact) mass is 311 g/mol. The van der Waals surface area contributed by atoms with Crippen molar-refractivity contribution in [2.75, 3.05) is 6.54 Å². The van der Waals surface area contributed by atoms with Gasteiger partial charge in [0.2, 0.25) is 0 Å². The topological polar surface area (TPSA) is 58.4 Å². The minimum Gasteiger partial charge on any atom is -0.359 e. The largest absolute Gasteiger partial charge is 0.359 e. The highest BCUT2D eigenvalue weighted by Gasteiger charge is 2.34. The molecule has 0 radical (unpaired) electrons. The zero-order valence-electron chi connectivity index (χ0n) is 13.3. The Balaban J connectivity index is 1.49. The number of amides is 2. The molecule has 1 aromatic carbocycles.